The van der Waals surface area contributed by atoms with E-state index in [1.165, 1.54) is 101 Å². The highest BCUT2D eigenvalue weighted by molar-refractivity contribution is 7.10. The van der Waals surface area contributed by atoms with Gasteiger partial charge in [0, 0.05) is 220 Å². The first-order valence-electron chi connectivity index (χ1n) is 51.7. The van der Waals surface area contributed by atoms with Gasteiger partial charge in [-0.1, -0.05) is 18.2 Å². The predicted molar refractivity (Wildman–Crippen MR) is 582 cm³/mol. The summed E-state index contributed by atoms with van der Waals surface area (Å²) in [5.74, 6) is 8.39. The Morgan fingerprint density at radius 3 is 1.07 bits per heavy atom. The molecule has 10 aliphatic heterocycles. The number of hydrogen-bond donors (Lipinski definition) is 2. The number of anilines is 10. The van der Waals surface area contributed by atoms with Gasteiger partial charge in [-0.05, 0) is 254 Å². The van der Waals surface area contributed by atoms with Crippen LogP contribution in [0, 0.1) is 23.7 Å². The number of aliphatic hydroxyl groups excluding tert-OH is 2. The largest absolute Gasteiger partial charge is 0.497 e. The van der Waals surface area contributed by atoms with Gasteiger partial charge in [0.25, 0.3) is 0 Å². The SMILES string of the molecule is COc1cccc(CC2CCCN(c3ncnc4cc(N5CCOCC5)ccc34)C2)c1.OC(c1ccsc1)C1CCCN(c2ncnc3cc(N4CCOCC4)ccc23)C1.OC(c1nccs1)C1CCCN(c2ncnc3cc(N4CCOCC4)ccc23)C1.c1csc(C2CCCN(c3ncnc4cc(N5CCOCC5)ccc34)C2)c1.c1nc(N2CCCC(Cc3ccsc3)C2)c2ccc(N3CCOCC3)cc2n1. The van der Waals surface area contributed by atoms with E-state index in [1.807, 2.05) is 34.2 Å². The number of hydrogen-bond acceptors (Lipinski definition) is 33. The standard InChI is InChI=1S/C25H30N4O2.C22H26N4O2S.C22H26N4OS.C21H25N5O2S.C21H24N4OS/c1-30-22-6-2-4-19(15-22)14-20-5-3-9-29(17-20)25-23-8-7-21(16-24(23)26-18-27-25)28-10-12-31-13-11-28;27-21(17-5-11-29-14-17)16-2-1-6-26(13-16)22-19-4-3-18(12-20(19)23-15-24-22)25-7-9-28-10-8-25;1-2-17(12-18-5-11-28-15-18)14-26(6-1)22-20-4-3-19(13-21(20)23-16-24-22)25-7-9-27-10-8-25;27-19(21-22-5-11-29-21)15-2-1-6-26(13-15)20-17-4-3-16(12-18(17)23-14-24-20)25-7-9-28-10-8-25;1-3-16(20-4-2-12-27-20)14-25(7-1)21-18-6-5-17(13-19(18)22-15-23-21)24-8-10-26-11-9-24/h2,4,6-8,15-16,18,20H,3,5,9-14,17H2,1H3;3-5,11-12,14-16,21,27H,1-2,6-10,13H2;3-5,11,13,15-17H,1-2,6-10,12,14H2;3-5,11-12,14-15,19,27H,1-2,6-10,13H2;2,4-6,12-13,15-16H,1,3,7-11,14H2. The number of nitrogens with zero attached hydrogens (tertiary/aromatic N) is 21. The molecular formula is C111H131N21O8S4. The molecule has 9 aromatic heterocycles. The number of fused-ring (bicyclic) bond motifs is 5. The molecule has 7 atom stereocenters. The van der Waals surface area contributed by atoms with Crippen molar-refractivity contribution < 1.29 is 38.6 Å². The Hall–Kier alpha value is -11.7. The Morgan fingerprint density at radius 1 is 0.326 bits per heavy atom. The van der Waals surface area contributed by atoms with Crippen LogP contribution in [-0.2, 0) is 36.5 Å². The van der Waals surface area contributed by atoms with E-state index in [9.17, 15) is 10.2 Å². The summed E-state index contributed by atoms with van der Waals surface area (Å²) in [6.45, 7) is 27.0. The lowest BCUT2D eigenvalue weighted by Crippen LogP contribution is -2.38. The van der Waals surface area contributed by atoms with Gasteiger partial charge in [-0.15, -0.1) is 22.7 Å². The highest BCUT2D eigenvalue weighted by atomic mass is 32.1. The molecule has 0 radical (unpaired) electrons. The van der Waals surface area contributed by atoms with Crippen LogP contribution >= 0.6 is 45.3 Å². The van der Waals surface area contributed by atoms with Gasteiger partial charge in [0.1, 0.15) is 77.6 Å². The van der Waals surface area contributed by atoms with Crippen molar-refractivity contribution in [3.8, 4) is 5.75 Å². The van der Waals surface area contributed by atoms with Crippen molar-refractivity contribution in [2.45, 2.75) is 95.2 Å². The summed E-state index contributed by atoms with van der Waals surface area (Å²) in [6.07, 6.45) is 23.1. The van der Waals surface area contributed by atoms with Crippen molar-refractivity contribution in [1.82, 2.24) is 54.8 Å². The minimum absolute atomic E-state index is 0.160. The molecule has 15 aromatic rings. The zero-order valence-corrected chi connectivity index (χ0v) is 85.6. The number of piperidine rings is 5. The highest BCUT2D eigenvalue weighted by Gasteiger charge is 2.35. The molecule has 0 spiro atoms. The summed E-state index contributed by atoms with van der Waals surface area (Å²) in [4.78, 5) is 75.7. The third-order valence-corrected chi connectivity index (χ3v) is 33.3. The first-order chi connectivity index (χ1) is 71.1. The van der Waals surface area contributed by atoms with Gasteiger partial charge in [-0.3, -0.25) is 0 Å². The maximum absolute atomic E-state index is 10.8. The Bertz CT molecular complexity index is 6460. The van der Waals surface area contributed by atoms with Crippen molar-refractivity contribution in [3.05, 3.63) is 236 Å². The molecule has 2 N–H and O–H groups in total. The van der Waals surface area contributed by atoms with Crippen molar-refractivity contribution >= 4 is 157 Å². The number of rotatable bonds is 20. The summed E-state index contributed by atoms with van der Waals surface area (Å²) in [6, 6.07) is 49.9. The van der Waals surface area contributed by atoms with Crippen molar-refractivity contribution in [2.75, 3.05) is 253 Å². The zero-order valence-electron chi connectivity index (χ0n) is 82.3. The number of morpholine rings is 5. The van der Waals surface area contributed by atoms with E-state index in [0.717, 1.165) is 329 Å². The minimum atomic E-state index is -0.515. The first kappa shape index (κ1) is 98.3. The van der Waals surface area contributed by atoms with Crippen LogP contribution < -0.4 is 53.7 Å². The molecule has 10 saturated heterocycles. The van der Waals surface area contributed by atoms with Crippen LogP contribution in [0.1, 0.15) is 109 Å². The van der Waals surface area contributed by atoms with E-state index < -0.39 is 12.2 Å². The number of ether oxygens (including phenoxy) is 6. The molecule has 19 heterocycles. The van der Waals surface area contributed by atoms with E-state index in [0.29, 0.717) is 17.8 Å². The van der Waals surface area contributed by atoms with Crippen molar-refractivity contribution in [1.29, 1.82) is 0 Å². The lowest BCUT2D eigenvalue weighted by molar-refractivity contribution is 0.0977. The van der Waals surface area contributed by atoms with Crippen LogP contribution in [0.5, 0.6) is 5.75 Å². The molecule has 25 rings (SSSR count). The molecule has 144 heavy (non-hydrogen) atoms. The molecule has 752 valence electrons. The Labute approximate surface area is 858 Å². The van der Waals surface area contributed by atoms with Crippen LogP contribution in [0.4, 0.5) is 57.5 Å². The molecule has 29 nitrogen and oxygen atoms in total. The second-order valence-corrected chi connectivity index (χ2v) is 42.6. The molecule has 0 saturated carbocycles. The number of methoxy groups -OCH3 is 1. The monoisotopic (exact) mass is 2010 g/mol. The minimum Gasteiger partial charge on any atom is -0.497 e. The van der Waals surface area contributed by atoms with E-state index in [2.05, 4.69) is 248 Å². The number of thiazole rings is 1. The second kappa shape index (κ2) is 48.1. The van der Waals surface area contributed by atoms with Gasteiger partial charge in [0.15, 0.2) is 0 Å². The van der Waals surface area contributed by atoms with Gasteiger partial charge >= 0.3 is 0 Å². The molecule has 6 aromatic carbocycles. The van der Waals surface area contributed by atoms with Crippen molar-refractivity contribution in [2.24, 2.45) is 23.7 Å². The molecule has 0 amide bonds. The van der Waals surface area contributed by atoms with Gasteiger partial charge in [0.05, 0.1) is 107 Å². The van der Waals surface area contributed by atoms with Gasteiger partial charge in [-0.2, -0.15) is 22.7 Å². The zero-order chi connectivity index (χ0) is 97.1. The number of thiophene rings is 3. The molecular weight excluding hydrogens is 1880 g/mol. The quantitative estimate of drug-likeness (QED) is 0.0717. The Balaban J connectivity index is 0.000000106. The van der Waals surface area contributed by atoms with Gasteiger partial charge in [0.2, 0.25) is 0 Å². The van der Waals surface area contributed by atoms with Crippen LogP contribution in [0.25, 0.3) is 54.5 Å². The van der Waals surface area contributed by atoms with E-state index in [4.69, 9.17) is 33.4 Å². The van der Waals surface area contributed by atoms with Crippen LogP contribution in [0.2, 0.25) is 0 Å². The molecule has 0 aliphatic carbocycles. The lowest BCUT2D eigenvalue weighted by Gasteiger charge is -2.36. The van der Waals surface area contributed by atoms with Crippen LogP contribution in [0.3, 0.4) is 0 Å². The molecule has 0 bridgehead atoms. The third kappa shape index (κ3) is 24.0. The number of aromatic nitrogens is 11. The second-order valence-electron chi connectivity index (χ2n) is 39.1. The van der Waals surface area contributed by atoms with Crippen LogP contribution in [-0.4, -0.2) is 269 Å². The average molecular weight is 2020 g/mol. The molecule has 10 fully saturated rings. The topological polar surface area (TPSA) is 270 Å². The summed E-state index contributed by atoms with van der Waals surface area (Å²) in [5.41, 5.74) is 14.9. The maximum Gasteiger partial charge on any atom is 0.139 e. The Kier molecular flexibility index (Phi) is 32.8. The van der Waals surface area contributed by atoms with Crippen molar-refractivity contribution in [3.63, 3.8) is 0 Å². The molecule has 7 unspecified atom stereocenters. The van der Waals surface area contributed by atoms with E-state index in [1.54, 1.807) is 67.6 Å². The number of aliphatic hydroxyl groups is 2. The normalized spacial score (nSPS) is 20.8. The fraction of sp³-hybridized carbons (Fsp3) is 0.450. The fourth-order valence-corrected chi connectivity index (χ4v) is 25.3. The lowest BCUT2D eigenvalue weighted by atomic mass is 9.89. The first-order valence-corrected chi connectivity index (χ1v) is 55.4. The summed E-state index contributed by atoms with van der Waals surface area (Å²) >= 11 is 6.83. The van der Waals surface area contributed by atoms with Gasteiger partial charge in [-0.25, -0.2) is 54.8 Å². The summed E-state index contributed by atoms with van der Waals surface area (Å²) in [7, 11) is 1.73. The Morgan fingerprint density at radius 2 is 0.701 bits per heavy atom. The molecule has 33 heteroatoms. The smallest absolute Gasteiger partial charge is 0.139 e. The fourth-order valence-electron chi connectivity index (χ4n) is 22.4. The van der Waals surface area contributed by atoms with Crippen LogP contribution in [0.15, 0.2) is 210 Å². The van der Waals surface area contributed by atoms with E-state index in [-0.39, 0.29) is 11.8 Å². The summed E-state index contributed by atoms with van der Waals surface area (Å²) < 4.78 is 32.8. The third-order valence-electron chi connectivity index (χ3n) is 29.9. The van der Waals surface area contributed by atoms with E-state index >= 15 is 0 Å². The van der Waals surface area contributed by atoms with Gasteiger partial charge < -0.3 is 87.6 Å². The molecule has 10 aliphatic rings. The average Bonchev–Trinajstić information content (AvgIpc) is 1.05. The maximum atomic E-state index is 10.8. The number of benzene rings is 6. The predicted octanol–water partition coefficient (Wildman–Crippen LogP) is 18.2. The highest BCUT2D eigenvalue weighted by Crippen LogP contribution is 2.42. The summed E-state index contributed by atoms with van der Waals surface area (Å²) in [5, 5.41) is 40.6.